The van der Waals surface area contributed by atoms with Crippen molar-refractivity contribution in [1.82, 2.24) is 10.6 Å². The summed E-state index contributed by atoms with van der Waals surface area (Å²) < 4.78 is 0.740. The lowest BCUT2D eigenvalue weighted by atomic mass is 10.2. The molecule has 17 heavy (non-hydrogen) atoms. The van der Waals surface area contributed by atoms with Crippen LogP contribution in [0.5, 0.6) is 0 Å². The SMILES string of the molecule is NC(=O)NCCNC(=O)c1ccc(Br)c(N)c1. The summed E-state index contributed by atoms with van der Waals surface area (Å²) in [6.45, 7) is 0.588. The molecule has 0 aromatic heterocycles. The predicted molar refractivity (Wildman–Crippen MR) is 68.5 cm³/mol. The number of amides is 3. The molecule has 0 heterocycles. The molecule has 0 spiro atoms. The average Bonchev–Trinajstić information content (AvgIpc) is 2.27. The Kier molecular flexibility index (Phi) is 4.77. The van der Waals surface area contributed by atoms with E-state index in [0.29, 0.717) is 17.8 Å². The molecule has 1 rings (SSSR count). The quantitative estimate of drug-likeness (QED) is 0.478. The molecule has 0 bridgehead atoms. The Balaban J connectivity index is 2.47. The molecule has 0 saturated carbocycles. The van der Waals surface area contributed by atoms with Crippen molar-refractivity contribution in [3.8, 4) is 0 Å². The van der Waals surface area contributed by atoms with Crippen LogP contribution in [0.1, 0.15) is 10.4 Å². The number of benzene rings is 1. The lowest BCUT2D eigenvalue weighted by Crippen LogP contribution is -2.37. The van der Waals surface area contributed by atoms with E-state index in [9.17, 15) is 9.59 Å². The maximum atomic E-state index is 11.6. The summed E-state index contributed by atoms with van der Waals surface area (Å²) in [5, 5.41) is 4.99. The van der Waals surface area contributed by atoms with Crippen molar-refractivity contribution in [3.05, 3.63) is 28.2 Å². The van der Waals surface area contributed by atoms with Gasteiger partial charge in [0.2, 0.25) is 0 Å². The van der Waals surface area contributed by atoms with Crippen LogP contribution in [-0.4, -0.2) is 25.0 Å². The number of carbonyl (C=O) groups excluding carboxylic acids is 2. The molecule has 0 aliphatic heterocycles. The lowest BCUT2D eigenvalue weighted by molar-refractivity contribution is 0.0954. The highest BCUT2D eigenvalue weighted by atomic mass is 79.9. The molecule has 0 aliphatic carbocycles. The van der Waals surface area contributed by atoms with Crippen LogP contribution in [0.4, 0.5) is 10.5 Å². The third-order valence-electron chi connectivity index (χ3n) is 1.97. The Morgan fingerprint density at radius 2 is 1.88 bits per heavy atom. The topological polar surface area (TPSA) is 110 Å². The number of rotatable bonds is 4. The molecule has 0 saturated heterocycles. The van der Waals surface area contributed by atoms with Gasteiger partial charge in [0.05, 0.1) is 0 Å². The maximum absolute atomic E-state index is 11.6. The molecular formula is C10H13BrN4O2. The average molecular weight is 301 g/mol. The second-order valence-electron chi connectivity index (χ2n) is 3.28. The molecule has 6 nitrogen and oxygen atoms in total. The fourth-order valence-corrected chi connectivity index (χ4v) is 1.40. The minimum atomic E-state index is -0.618. The lowest BCUT2D eigenvalue weighted by Gasteiger charge is -2.06. The van der Waals surface area contributed by atoms with Crippen molar-refractivity contribution in [1.29, 1.82) is 0 Å². The minimum absolute atomic E-state index is 0.254. The Bertz CT molecular complexity index is 436. The minimum Gasteiger partial charge on any atom is -0.398 e. The van der Waals surface area contributed by atoms with Gasteiger partial charge in [-0.15, -0.1) is 0 Å². The van der Waals surface area contributed by atoms with Crippen molar-refractivity contribution in [2.45, 2.75) is 0 Å². The van der Waals surface area contributed by atoms with Gasteiger partial charge in [0.1, 0.15) is 0 Å². The third kappa shape index (κ3) is 4.31. The fraction of sp³-hybridized carbons (Fsp3) is 0.200. The fourth-order valence-electron chi connectivity index (χ4n) is 1.15. The number of primary amides is 1. The Morgan fingerprint density at radius 3 is 2.47 bits per heavy atom. The molecule has 0 unspecified atom stereocenters. The molecule has 92 valence electrons. The van der Waals surface area contributed by atoms with Crippen LogP contribution in [0.15, 0.2) is 22.7 Å². The van der Waals surface area contributed by atoms with E-state index >= 15 is 0 Å². The van der Waals surface area contributed by atoms with Gasteiger partial charge in [-0.1, -0.05) is 0 Å². The first-order chi connectivity index (χ1) is 8.00. The van der Waals surface area contributed by atoms with Crippen molar-refractivity contribution in [2.24, 2.45) is 5.73 Å². The largest absolute Gasteiger partial charge is 0.398 e. The molecule has 1 aromatic carbocycles. The van der Waals surface area contributed by atoms with Gasteiger partial charge in [0.25, 0.3) is 5.91 Å². The van der Waals surface area contributed by atoms with Crippen LogP contribution in [0.3, 0.4) is 0 Å². The molecule has 0 radical (unpaired) electrons. The first kappa shape index (κ1) is 13.3. The van der Waals surface area contributed by atoms with E-state index < -0.39 is 6.03 Å². The second kappa shape index (κ2) is 6.09. The van der Waals surface area contributed by atoms with E-state index in [4.69, 9.17) is 11.5 Å². The van der Waals surface area contributed by atoms with Crippen LogP contribution in [-0.2, 0) is 0 Å². The Morgan fingerprint density at radius 1 is 1.24 bits per heavy atom. The molecule has 7 heteroatoms. The standard InChI is InChI=1S/C10H13BrN4O2/c11-7-2-1-6(5-8(7)12)9(16)14-3-4-15-10(13)17/h1-2,5H,3-4,12H2,(H,14,16)(H3,13,15,17). The van der Waals surface area contributed by atoms with Crippen molar-refractivity contribution in [3.63, 3.8) is 0 Å². The maximum Gasteiger partial charge on any atom is 0.312 e. The van der Waals surface area contributed by atoms with Crippen LogP contribution in [0.25, 0.3) is 0 Å². The highest BCUT2D eigenvalue weighted by Crippen LogP contribution is 2.19. The van der Waals surface area contributed by atoms with Crippen molar-refractivity contribution in [2.75, 3.05) is 18.8 Å². The monoisotopic (exact) mass is 300 g/mol. The summed E-state index contributed by atoms with van der Waals surface area (Å²) in [4.78, 5) is 22.0. The van der Waals surface area contributed by atoms with Gasteiger partial charge in [-0.25, -0.2) is 4.79 Å². The van der Waals surface area contributed by atoms with Gasteiger partial charge >= 0.3 is 6.03 Å². The molecule has 0 aliphatic rings. The van der Waals surface area contributed by atoms with Gasteiger partial charge < -0.3 is 22.1 Å². The summed E-state index contributed by atoms with van der Waals surface area (Å²) in [7, 11) is 0. The summed E-state index contributed by atoms with van der Waals surface area (Å²) in [5.41, 5.74) is 11.5. The summed E-state index contributed by atoms with van der Waals surface area (Å²) in [5.74, 6) is -0.254. The number of anilines is 1. The van der Waals surface area contributed by atoms with Gasteiger partial charge in [0.15, 0.2) is 0 Å². The van der Waals surface area contributed by atoms with Crippen molar-refractivity contribution >= 4 is 33.6 Å². The smallest absolute Gasteiger partial charge is 0.312 e. The van der Waals surface area contributed by atoms with E-state index in [-0.39, 0.29) is 12.5 Å². The number of hydrogen-bond donors (Lipinski definition) is 4. The molecule has 6 N–H and O–H groups in total. The highest BCUT2D eigenvalue weighted by molar-refractivity contribution is 9.10. The predicted octanol–water partition coefficient (Wildman–Crippen LogP) is 0.429. The van der Waals surface area contributed by atoms with Gasteiger partial charge in [-0.2, -0.15) is 0 Å². The number of hydrogen-bond acceptors (Lipinski definition) is 3. The van der Waals surface area contributed by atoms with Crippen LogP contribution in [0.2, 0.25) is 0 Å². The molecular weight excluding hydrogens is 288 g/mol. The molecule has 0 fully saturated rings. The summed E-state index contributed by atoms with van der Waals surface area (Å²) in [6.07, 6.45) is 0. The number of nitrogens with one attached hydrogen (secondary N) is 2. The van der Waals surface area contributed by atoms with E-state index in [1.807, 2.05) is 0 Å². The zero-order valence-corrected chi connectivity index (χ0v) is 10.6. The number of carbonyl (C=O) groups is 2. The van der Waals surface area contributed by atoms with E-state index in [0.717, 1.165) is 4.47 Å². The van der Waals surface area contributed by atoms with E-state index in [1.165, 1.54) is 0 Å². The Hall–Kier alpha value is -1.76. The molecule has 1 aromatic rings. The molecule has 3 amide bonds. The van der Waals surface area contributed by atoms with Gasteiger partial charge in [-0.05, 0) is 34.1 Å². The first-order valence-corrected chi connectivity index (χ1v) is 5.66. The second-order valence-corrected chi connectivity index (χ2v) is 4.14. The number of urea groups is 1. The van der Waals surface area contributed by atoms with Crippen molar-refractivity contribution < 1.29 is 9.59 Å². The van der Waals surface area contributed by atoms with Crippen LogP contribution >= 0.6 is 15.9 Å². The normalized spacial score (nSPS) is 9.71. The summed E-state index contributed by atoms with van der Waals surface area (Å²) >= 11 is 3.24. The van der Waals surface area contributed by atoms with E-state index in [1.54, 1.807) is 18.2 Å². The third-order valence-corrected chi connectivity index (χ3v) is 2.69. The number of nitrogens with two attached hydrogens (primary N) is 2. The van der Waals surface area contributed by atoms with Gasteiger partial charge in [-0.3, -0.25) is 4.79 Å². The first-order valence-electron chi connectivity index (χ1n) is 4.87. The van der Waals surface area contributed by atoms with Crippen LogP contribution < -0.4 is 22.1 Å². The van der Waals surface area contributed by atoms with Gasteiger partial charge in [0, 0.05) is 28.8 Å². The highest BCUT2D eigenvalue weighted by Gasteiger charge is 2.06. The Labute approximate surface area is 107 Å². The number of nitrogen functional groups attached to an aromatic ring is 1. The van der Waals surface area contributed by atoms with E-state index in [2.05, 4.69) is 26.6 Å². The number of halogens is 1. The zero-order chi connectivity index (χ0) is 12.8. The summed E-state index contributed by atoms with van der Waals surface area (Å²) in [6, 6.07) is 4.30. The zero-order valence-electron chi connectivity index (χ0n) is 9.00. The molecule has 0 atom stereocenters. The van der Waals surface area contributed by atoms with Crippen LogP contribution in [0, 0.1) is 0 Å².